The molecule has 0 bridgehead atoms. The van der Waals surface area contributed by atoms with Crippen LogP contribution < -0.4 is 21.9 Å². The molecule has 3 aromatic heterocycles. The van der Waals surface area contributed by atoms with Crippen LogP contribution in [0.25, 0.3) is 21.9 Å². The maximum Gasteiger partial charge on any atom is 0.333 e. The first-order chi connectivity index (χ1) is 18.5. The maximum atomic E-state index is 14.0. The lowest BCUT2D eigenvalue weighted by molar-refractivity contribution is 0.496. The Bertz CT molecular complexity index is 1790. The van der Waals surface area contributed by atoms with Crippen LogP contribution in [-0.2, 0) is 13.1 Å². The smallest absolute Gasteiger partial charge is 0.333 e. The number of nitrogens with two attached hydrogens (primary N) is 1. The Balaban J connectivity index is 1.57. The molecule has 0 radical (unpaired) electrons. The van der Waals surface area contributed by atoms with E-state index in [1.807, 2.05) is 34.9 Å². The number of fused-ring (bicyclic) bond motifs is 2. The highest BCUT2D eigenvalue weighted by molar-refractivity contribution is 5.86. The van der Waals surface area contributed by atoms with Crippen LogP contribution in [0, 0.1) is 23.2 Å². The van der Waals surface area contributed by atoms with E-state index in [-0.39, 0.29) is 30.9 Å². The largest absolute Gasteiger partial charge is 0.341 e. The molecule has 192 valence electrons. The average Bonchev–Trinajstić information content (AvgIpc) is 3.69. The molecule has 0 spiro atoms. The fourth-order valence-electron chi connectivity index (χ4n) is 5.37. The van der Waals surface area contributed by atoms with Gasteiger partial charge in [0.15, 0.2) is 11.2 Å². The van der Waals surface area contributed by atoms with Gasteiger partial charge in [0.25, 0.3) is 5.56 Å². The van der Waals surface area contributed by atoms with E-state index in [9.17, 15) is 14.9 Å². The summed E-state index contributed by atoms with van der Waals surface area (Å²) in [5.74, 6) is 6.61. The third-order valence-corrected chi connectivity index (χ3v) is 7.33. The van der Waals surface area contributed by atoms with Crippen LogP contribution in [-0.4, -0.2) is 42.8 Å². The van der Waals surface area contributed by atoms with Crippen LogP contribution in [0.4, 0.5) is 5.95 Å². The van der Waals surface area contributed by atoms with E-state index in [1.165, 1.54) is 4.57 Å². The summed E-state index contributed by atoms with van der Waals surface area (Å²) in [6.07, 6.45) is 3.57. The number of nitrogens with zero attached hydrogens (tertiary/aromatic N) is 7. The predicted molar refractivity (Wildman–Crippen MR) is 145 cm³/mol. The van der Waals surface area contributed by atoms with Gasteiger partial charge in [0, 0.05) is 30.6 Å². The van der Waals surface area contributed by atoms with Crippen molar-refractivity contribution >= 4 is 27.9 Å². The molecule has 10 nitrogen and oxygen atoms in total. The number of pyridine rings is 1. The van der Waals surface area contributed by atoms with E-state index in [0.29, 0.717) is 29.4 Å². The predicted octanol–water partition coefficient (Wildman–Crippen LogP) is 2.11. The highest BCUT2D eigenvalue weighted by Crippen LogP contribution is 2.36. The summed E-state index contributed by atoms with van der Waals surface area (Å²) in [6, 6.07) is 11.4. The zero-order chi connectivity index (χ0) is 26.4. The molecule has 0 unspecified atom stereocenters. The molecular formula is C28H28N8O2. The zero-order valence-electron chi connectivity index (χ0n) is 21.2. The van der Waals surface area contributed by atoms with Crippen molar-refractivity contribution in [1.29, 1.82) is 5.26 Å². The Morgan fingerprint density at radius 1 is 1.13 bits per heavy atom. The van der Waals surface area contributed by atoms with Gasteiger partial charge in [-0.25, -0.2) is 9.78 Å². The van der Waals surface area contributed by atoms with Crippen molar-refractivity contribution in [1.82, 2.24) is 23.7 Å². The van der Waals surface area contributed by atoms with E-state index in [2.05, 4.69) is 27.8 Å². The van der Waals surface area contributed by atoms with Crippen LogP contribution in [0.1, 0.15) is 50.0 Å². The molecule has 1 atom stereocenters. The van der Waals surface area contributed by atoms with Crippen LogP contribution in [0.5, 0.6) is 0 Å². The number of benzene rings is 1. The van der Waals surface area contributed by atoms with Crippen LogP contribution >= 0.6 is 0 Å². The first-order valence-electron chi connectivity index (χ1n) is 12.9. The fraction of sp³-hybridized carbons (Fsp3) is 0.393. The van der Waals surface area contributed by atoms with Crippen molar-refractivity contribution in [2.45, 2.75) is 57.8 Å². The minimum absolute atomic E-state index is 0.00634. The van der Waals surface area contributed by atoms with Crippen LogP contribution in [0.2, 0.25) is 0 Å². The van der Waals surface area contributed by atoms with Crippen molar-refractivity contribution in [2.75, 3.05) is 18.0 Å². The molecule has 2 fully saturated rings. The van der Waals surface area contributed by atoms with Gasteiger partial charge in [-0.05, 0) is 44.1 Å². The number of anilines is 1. The molecule has 1 aromatic carbocycles. The van der Waals surface area contributed by atoms with E-state index in [4.69, 9.17) is 10.7 Å². The Labute approximate surface area is 218 Å². The topological polar surface area (TPSA) is 128 Å². The molecular weight excluding hydrogens is 480 g/mol. The summed E-state index contributed by atoms with van der Waals surface area (Å²) in [5, 5.41) is 11.2. The highest BCUT2D eigenvalue weighted by Gasteiger charge is 2.33. The third-order valence-electron chi connectivity index (χ3n) is 7.33. The number of rotatable bonds is 5. The lowest BCUT2D eigenvalue weighted by Crippen LogP contribution is -2.44. The quantitative estimate of drug-likeness (QED) is 0.409. The first kappa shape index (κ1) is 24.0. The number of aromatic nitrogens is 5. The van der Waals surface area contributed by atoms with Crippen molar-refractivity contribution in [2.24, 2.45) is 5.73 Å². The number of imidazole rings is 1. The maximum absolute atomic E-state index is 14.0. The van der Waals surface area contributed by atoms with Crippen molar-refractivity contribution in [3.8, 4) is 17.9 Å². The van der Waals surface area contributed by atoms with Gasteiger partial charge >= 0.3 is 5.69 Å². The second kappa shape index (κ2) is 9.47. The Morgan fingerprint density at radius 3 is 2.68 bits per heavy atom. The van der Waals surface area contributed by atoms with Gasteiger partial charge in [-0.2, -0.15) is 10.2 Å². The summed E-state index contributed by atoms with van der Waals surface area (Å²) in [4.78, 5) is 39.3. The molecule has 2 aliphatic rings. The Kier molecular flexibility index (Phi) is 5.97. The first-order valence-corrected chi connectivity index (χ1v) is 12.9. The number of hydrogen-bond donors (Lipinski definition) is 1. The molecule has 2 N–H and O–H groups in total. The number of nitriles is 1. The Hall–Kier alpha value is -4.41. The Morgan fingerprint density at radius 2 is 1.95 bits per heavy atom. The molecule has 10 heteroatoms. The van der Waals surface area contributed by atoms with Gasteiger partial charge < -0.3 is 10.6 Å². The molecule has 1 saturated heterocycles. The second-order valence-electron chi connectivity index (χ2n) is 10.0. The zero-order valence-corrected chi connectivity index (χ0v) is 21.2. The fourth-order valence-corrected chi connectivity index (χ4v) is 5.37. The van der Waals surface area contributed by atoms with E-state index in [0.717, 1.165) is 43.0 Å². The molecule has 1 aliphatic carbocycles. The molecule has 38 heavy (non-hydrogen) atoms. The molecule has 1 saturated carbocycles. The van der Waals surface area contributed by atoms with Gasteiger partial charge in [0.05, 0.1) is 18.8 Å². The lowest BCUT2D eigenvalue weighted by Gasteiger charge is -2.31. The number of piperidine rings is 1. The van der Waals surface area contributed by atoms with Gasteiger partial charge in [-0.1, -0.05) is 30.2 Å². The van der Waals surface area contributed by atoms with Crippen LogP contribution in [0.15, 0.2) is 39.9 Å². The van der Waals surface area contributed by atoms with E-state index in [1.54, 1.807) is 11.5 Å². The molecule has 4 heterocycles. The molecule has 1 aliphatic heterocycles. The SMILES string of the molecule is CC#CCn1c(N2CCC[C@@H](N)C2)nc2c1c(=O)n(Cc1cc3ccccc3c(C#N)n1)c(=O)n2C1CC1. The standard InChI is InChI=1S/C28H28N8O2/c1-2-3-13-34-24-25(32-27(34)33-12-6-8-19(30)16-33)36(21-10-11-21)28(38)35(26(24)37)17-20-14-18-7-4-5-9-22(18)23(15-29)31-20/h4-5,7,9,14,19,21H,6,8,10-13,16-17,30H2,1H3/t19-/m1/s1. The van der Waals surface area contributed by atoms with Crippen molar-refractivity contribution in [3.63, 3.8) is 0 Å². The molecule has 0 amide bonds. The number of hydrogen-bond acceptors (Lipinski definition) is 7. The second-order valence-corrected chi connectivity index (χ2v) is 10.0. The molecule has 4 aromatic rings. The summed E-state index contributed by atoms with van der Waals surface area (Å²) < 4.78 is 4.71. The van der Waals surface area contributed by atoms with Gasteiger partial charge in [0.2, 0.25) is 5.95 Å². The normalized spacial score (nSPS) is 17.4. The highest BCUT2D eigenvalue weighted by atomic mass is 16.2. The van der Waals surface area contributed by atoms with E-state index < -0.39 is 11.2 Å². The van der Waals surface area contributed by atoms with Gasteiger partial charge in [0.1, 0.15) is 11.8 Å². The van der Waals surface area contributed by atoms with Crippen molar-refractivity contribution in [3.05, 3.63) is 62.6 Å². The van der Waals surface area contributed by atoms with Gasteiger partial charge in [-0.15, -0.1) is 5.92 Å². The summed E-state index contributed by atoms with van der Waals surface area (Å²) >= 11 is 0. The van der Waals surface area contributed by atoms with Crippen molar-refractivity contribution < 1.29 is 0 Å². The van der Waals surface area contributed by atoms with Crippen LogP contribution in [0.3, 0.4) is 0 Å². The third kappa shape index (κ3) is 4.04. The summed E-state index contributed by atoms with van der Waals surface area (Å²) in [5.41, 5.74) is 6.91. The summed E-state index contributed by atoms with van der Waals surface area (Å²) in [6.45, 7) is 3.39. The lowest BCUT2D eigenvalue weighted by atomic mass is 10.1. The summed E-state index contributed by atoms with van der Waals surface area (Å²) in [7, 11) is 0. The minimum atomic E-state index is -0.437. The minimum Gasteiger partial charge on any atom is -0.341 e. The monoisotopic (exact) mass is 508 g/mol. The van der Waals surface area contributed by atoms with E-state index >= 15 is 0 Å². The van der Waals surface area contributed by atoms with Gasteiger partial charge in [-0.3, -0.25) is 18.5 Å². The molecule has 6 rings (SSSR count). The average molecular weight is 509 g/mol.